The number of rotatable bonds is 3. The molecule has 0 unspecified atom stereocenters. The van der Waals surface area contributed by atoms with Crippen LogP contribution in [0.3, 0.4) is 0 Å². The van der Waals surface area contributed by atoms with Crippen molar-refractivity contribution in [3.05, 3.63) is 0 Å². The second-order valence-corrected chi connectivity index (χ2v) is 4.71. The number of aliphatic carboxylic acids is 1. The van der Waals surface area contributed by atoms with E-state index in [2.05, 4.69) is 5.32 Å². The van der Waals surface area contributed by atoms with Crippen LogP contribution in [0.15, 0.2) is 0 Å². The third kappa shape index (κ3) is 5.93. The second kappa shape index (κ2) is 5.00. The molecule has 0 aromatic rings. The largest absolute Gasteiger partial charge is 0.480 e. The number of carboxylic acids is 1. The number of ether oxygens (including phenoxy) is 1. The summed E-state index contributed by atoms with van der Waals surface area (Å²) in [5.41, 5.74) is -0.621. The van der Waals surface area contributed by atoms with E-state index in [1.165, 1.54) is 0 Å². The van der Waals surface area contributed by atoms with Gasteiger partial charge < -0.3 is 15.2 Å². The highest BCUT2D eigenvalue weighted by atomic mass is 16.6. The molecule has 0 aliphatic rings. The minimum Gasteiger partial charge on any atom is -0.480 e. The molecular formula is C10H19NO4. The zero-order chi connectivity index (χ0) is 12.2. The molecule has 0 spiro atoms. The first-order valence-electron chi connectivity index (χ1n) is 4.86. The van der Waals surface area contributed by atoms with Crippen molar-refractivity contribution in [2.75, 3.05) is 0 Å². The van der Waals surface area contributed by atoms with Gasteiger partial charge in [0.1, 0.15) is 11.6 Å². The highest BCUT2D eigenvalue weighted by Crippen LogP contribution is 2.08. The summed E-state index contributed by atoms with van der Waals surface area (Å²) >= 11 is 0. The Hall–Kier alpha value is -1.26. The molecule has 0 heterocycles. The summed E-state index contributed by atoms with van der Waals surface area (Å²) < 4.78 is 4.96. The van der Waals surface area contributed by atoms with Gasteiger partial charge in [0.05, 0.1) is 0 Å². The van der Waals surface area contributed by atoms with Crippen LogP contribution in [0.5, 0.6) is 0 Å². The summed E-state index contributed by atoms with van der Waals surface area (Å²) in [5.74, 6) is -1.24. The number of amides is 1. The summed E-state index contributed by atoms with van der Waals surface area (Å²) in [6.07, 6.45) is -0.705. The lowest BCUT2D eigenvalue weighted by Crippen LogP contribution is -2.46. The Bertz CT molecular complexity index is 242. The maximum atomic E-state index is 11.3. The smallest absolute Gasteiger partial charge is 0.408 e. The summed E-state index contributed by atoms with van der Waals surface area (Å²) in [6.45, 7) is 8.60. The van der Waals surface area contributed by atoms with Crippen molar-refractivity contribution in [3.8, 4) is 0 Å². The molecule has 88 valence electrons. The van der Waals surface area contributed by atoms with Gasteiger partial charge in [0.15, 0.2) is 0 Å². The molecule has 2 N–H and O–H groups in total. The lowest BCUT2D eigenvalue weighted by Gasteiger charge is -2.23. The normalized spacial score (nSPS) is 13.5. The van der Waals surface area contributed by atoms with Gasteiger partial charge in [-0.2, -0.15) is 0 Å². The van der Waals surface area contributed by atoms with Gasteiger partial charge in [-0.3, -0.25) is 0 Å². The zero-order valence-electron chi connectivity index (χ0n) is 9.83. The van der Waals surface area contributed by atoms with Crippen LogP contribution in [0.25, 0.3) is 0 Å². The third-order valence-corrected chi connectivity index (χ3v) is 1.60. The topological polar surface area (TPSA) is 75.6 Å². The fraction of sp³-hybridized carbons (Fsp3) is 0.800. The van der Waals surface area contributed by atoms with Crippen LogP contribution >= 0.6 is 0 Å². The van der Waals surface area contributed by atoms with Crippen molar-refractivity contribution in [1.29, 1.82) is 0 Å². The first kappa shape index (κ1) is 13.7. The maximum Gasteiger partial charge on any atom is 0.408 e. The Labute approximate surface area is 89.8 Å². The lowest BCUT2D eigenvalue weighted by atomic mass is 10.1. The average Bonchev–Trinajstić information content (AvgIpc) is 1.95. The first-order valence-corrected chi connectivity index (χ1v) is 4.86. The van der Waals surface area contributed by atoms with E-state index >= 15 is 0 Å². The third-order valence-electron chi connectivity index (χ3n) is 1.60. The Morgan fingerprint density at radius 1 is 1.27 bits per heavy atom. The van der Waals surface area contributed by atoms with Gasteiger partial charge in [0, 0.05) is 0 Å². The molecule has 0 aromatic carbocycles. The quantitative estimate of drug-likeness (QED) is 0.706. The summed E-state index contributed by atoms with van der Waals surface area (Å²) in [5, 5.41) is 11.1. The number of nitrogens with one attached hydrogen (secondary N) is 1. The Balaban J connectivity index is 4.31. The van der Waals surface area contributed by atoms with Crippen LogP contribution in [0, 0.1) is 5.92 Å². The van der Waals surface area contributed by atoms with Gasteiger partial charge in [0.25, 0.3) is 0 Å². The zero-order valence-corrected chi connectivity index (χ0v) is 9.83. The van der Waals surface area contributed by atoms with Crippen molar-refractivity contribution in [2.24, 2.45) is 5.92 Å². The Morgan fingerprint density at radius 2 is 1.73 bits per heavy atom. The average molecular weight is 218 g/mol. The number of alkyl carbamates (subject to hydrolysis) is 1. The predicted octanol–water partition coefficient (Wildman–Crippen LogP) is 1.62. The molecule has 15 heavy (non-hydrogen) atoms. The molecule has 1 amide bonds. The minimum atomic E-state index is -1.06. The van der Waals surface area contributed by atoms with E-state index in [1.807, 2.05) is 0 Å². The van der Waals surface area contributed by atoms with Crippen molar-refractivity contribution in [3.63, 3.8) is 0 Å². The van der Waals surface area contributed by atoms with Gasteiger partial charge in [0.2, 0.25) is 0 Å². The Kier molecular flexibility index (Phi) is 4.58. The van der Waals surface area contributed by atoms with Crippen molar-refractivity contribution in [2.45, 2.75) is 46.3 Å². The number of carboxylic acid groups (broad SMARTS) is 1. The lowest BCUT2D eigenvalue weighted by molar-refractivity contribution is -0.140. The number of hydrogen-bond acceptors (Lipinski definition) is 3. The highest BCUT2D eigenvalue weighted by Gasteiger charge is 2.26. The minimum absolute atomic E-state index is 0.185. The van der Waals surface area contributed by atoms with E-state index < -0.39 is 23.7 Å². The molecule has 1 atom stereocenters. The molecule has 0 bridgehead atoms. The molecule has 0 saturated carbocycles. The van der Waals surface area contributed by atoms with Crippen molar-refractivity contribution in [1.82, 2.24) is 5.32 Å². The number of carbonyl (C=O) groups excluding carboxylic acids is 1. The highest BCUT2D eigenvalue weighted by molar-refractivity contribution is 5.80. The molecule has 5 heteroatoms. The van der Waals surface area contributed by atoms with Crippen LogP contribution in [-0.2, 0) is 9.53 Å². The molecule has 0 aliphatic carbocycles. The molecule has 0 rings (SSSR count). The Morgan fingerprint density at radius 3 is 2.00 bits per heavy atom. The van der Waals surface area contributed by atoms with Crippen LogP contribution in [-0.4, -0.2) is 28.8 Å². The van der Waals surface area contributed by atoms with E-state index in [1.54, 1.807) is 34.6 Å². The first-order chi connectivity index (χ1) is 6.63. The molecule has 0 fully saturated rings. The van der Waals surface area contributed by atoms with Crippen LogP contribution in [0.2, 0.25) is 0 Å². The fourth-order valence-corrected chi connectivity index (χ4v) is 0.948. The van der Waals surface area contributed by atoms with E-state index in [4.69, 9.17) is 9.84 Å². The monoisotopic (exact) mass is 218 g/mol. The van der Waals surface area contributed by atoms with Gasteiger partial charge in [-0.25, -0.2) is 9.59 Å². The van der Waals surface area contributed by atoms with Crippen LogP contribution < -0.4 is 5.32 Å². The van der Waals surface area contributed by atoms with Crippen LogP contribution in [0.4, 0.5) is 4.79 Å². The summed E-state index contributed by atoms with van der Waals surface area (Å²) in [4.78, 5) is 22.1. The molecule has 5 nitrogen and oxygen atoms in total. The van der Waals surface area contributed by atoms with Gasteiger partial charge in [-0.1, -0.05) is 13.8 Å². The molecular weight excluding hydrogens is 199 g/mol. The SMILES string of the molecule is CC(C)[C@H]([15NH]C(=O)OC(C)(C)C)C(=O)O. The summed E-state index contributed by atoms with van der Waals surface area (Å²) in [7, 11) is 0. The van der Waals surface area contributed by atoms with E-state index in [9.17, 15) is 9.59 Å². The predicted molar refractivity (Wildman–Crippen MR) is 55.6 cm³/mol. The van der Waals surface area contributed by atoms with Gasteiger partial charge in [-0.05, 0) is 26.7 Å². The molecule has 0 aliphatic heterocycles. The number of carbonyl (C=O) groups is 2. The molecule has 0 aromatic heterocycles. The van der Waals surface area contributed by atoms with E-state index in [-0.39, 0.29) is 5.92 Å². The second-order valence-electron chi connectivity index (χ2n) is 4.71. The molecule has 0 radical (unpaired) electrons. The fourth-order valence-electron chi connectivity index (χ4n) is 0.948. The maximum absolute atomic E-state index is 11.3. The van der Waals surface area contributed by atoms with Gasteiger partial charge in [-0.15, -0.1) is 0 Å². The van der Waals surface area contributed by atoms with E-state index in [0.29, 0.717) is 0 Å². The molecule has 0 saturated heterocycles. The van der Waals surface area contributed by atoms with Crippen molar-refractivity contribution < 1.29 is 19.4 Å². The standard InChI is InChI=1S/C10H19NO4/c1-6(2)7(8(12)13)11-9(14)15-10(3,4)5/h6-7H,1-5H3,(H,11,14)(H,12,13)/t7-/m0/s1/i11+1. The van der Waals surface area contributed by atoms with Crippen LogP contribution in [0.1, 0.15) is 34.6 Å². The van der Waals surface area contributed by atoms with E-state index in [0.717, 1.165) is 0 Å². The summed E-state index contributed by atoms with van der Waals surface area (Å²) in [6, 6.07) is -0.917. The number of hydrogen-bond donors (Lipinski definition) is 2. The van der Waals surface area contributed by atoms with Crippen molar-refractivity contribution >= 4 is 12.1 Å². The van der Waals surface area contributed by atoms with Gasteiger partial charge >= 0.3 is 12.1 Å².